The van der Waals surface area contributed by atoms with Gasteiger partial charge in [0, 0.05) is 67.7 Å². The molecule has 12 aromatic carbocycles. The summed E-state index contributed by atoms with van der Waals surface area (Å²) in [5.41, 5.74) is 41.1. The number of H-pyrrole nitrogens is 7. The van der Waals surface area contributed by atoms with Crippen molar-refractivity contribution < 1.29 is 68.8 Å². The molecule has 720 valence electrons. The maximum Gasteiger partial charge on any atom is 0.335 e. The van der Waals surface area contributed by atoms with Crippen molar-refractivity contribution in [2.45, 2.75) is 19.7 Å². The average Bonchev–Trinajstić information content (AvgIpc) is 1.62. The molecule has 22 rings (SSSR count). The quantitative estimate of drug-likeness (QED) is 0.0283. The summed E-state index contributed by atoms with van der Waals surface area (Å²) in [6, 6.07) is 82.5. The highest BCUT2D eigenvalue weighted by Gasteiger charge is 2.29. The number of nitrogens with two attached hydrogens (primary N) is 4. The second kappa shape index (κ2) is 40.9. The van der Waals surface area contributed by atoms with Crippen LogP contribution in [-0.2, 0) is 26.7 Å². The predicted octanol–water partition coefficient (Wildman–Crippen LogP) is 16.2. The Hall–Kier alpha value is -20.1. The van der Waals surface area contributed by atoms with E-state index in [9.17, 15) is 54.6 Å². The maximum atomic E-state index is 11.4. The number of primary amides is 4. The van der Waals surface area contributed by atoms with Crippen LogP contribution in [0.1, 0.15) is 74.0 Å². The molecule has 0 saturated carbocycles. The van der Waals surface area contributed by atoms with Gasteiger partial charge in [0.2, 0.25) is 23.6 Å². The van der Waals surface area contributed by atoms with E-state index in [0.29, 0.717) is 188 Å². The number of aromatic hydroxyl groups is 4. The van der Waals surface area contributed by atoms with Gasteiger partial charge in [0.1, 0.15) is 62.7 Å². The molecule has 0 aliphatic heterocycles. The number of fused-ring (bicyclic) bond motifs is 5. The Labute approximate surface area is 828 Å². The van der Waals surface area contributed by atoms with Crippen molar-refractivity contribution in [3.63, 3.8) is 0 Å². The normalized spacial score (nSPS) is 11.0. The molecular formula is C105H84BrN25O14. The lowest BCUT2D eigenvalue weighted by atomic mass is 10.1. The third kappa shape index (κ3) is 20.1. The molecule has 145 heavy (non-hydrogen) atoms. The molecule has 0 fully saturated rings. The molecular weight excluding hydrogens is 1920 g/mol. The molecule has 39 nitrogen and oxygen atoms in total. The molecule has 0 saturated heterocycles. The van der Waals surface area contributed by atoms with Gasteiger partial charge in [0.25, 0.3) is 0 Å². The van der Waals surface area contributed by atoms with E-state index < -0.39 is 29.6 Å². The van der Waals surface area contributed by atoms with E-state index in [1.807, 2.05) is 165 Å². The highest BCUT2D eigenvalue weighted by molar-refractivity contribution is 9.10. The molecule has 4 amide bonds. The smallest absolute Gasteiger partial charge is 0.335 e. The number of ether oxygens (including phenoxy) is 3. The highest BCUT2D eigenvalue weighted by atomic mass is 79.9. The number of rotatable bonds is 23. The van der Waals surface area contributed by atoms with Gasteiger partial charge in [-0.05, 0) is 150 Å². The molecule has 0 atom stereocenters. The number of aromatic carboxylic acids is 1. The lowest BCUT2D eigenvalue weighted by Gasteiger charge is -2.08. The zero-order chi connectivity index (χ0) is 102. The van der Waals surface area contributed by atoms with Gasteiger partial charge in [0.05, 0.1) is 113 Å². The van der Waals surface area contributed by atoms with E-state index in [2.05, 4.69) is 91.4 Å². The summed E-state index contributed by atoms with van der Waals surface area (Å²) in [4.78, 5) is 94.7. The van der Waals surface area contributed by atoms with Crippen LogP contribution < -0.4 is 37.1 Å². The van der Waals surface area contributed by atoms with Gasteiger partial charge >= 0.3 is 5.97 Å². The van der Waals surface area contributed by atoms with Gasteiger partial charge in [-0.1, -0.05) is 149 Å². The lowest BCUT2D eigenvalue weighted by Crippen LogP contribution is -2.10. The van der Waals surface area contributed by atoms with Crippen molar-refractivity contribution in [1.29, 1.82) is 5.26 Å². The number of halogens is 1. The van der Waals surface area contributed by atoms with Crippen LogP contribution in [0.25, 0.3) is 169 Å². The van der Waals surface area contributed by atoms with Gasteiger partial charge in [-0.25, -0.2) is 29.7 Å². The molecule has 0 bridgehead atoms. The van der Waals surface area contributed by atoms with Crippen LogP contribution in [0, 0.1) is 11.3 Å². The van der Waals surface area contributed by atoms with E-state index in [1.165, 1.54) is 12.1 Å². The number of carbonyl (C=O) groups is 5. The van der Waals surface area contributed by atoms with E-state index >= 15 is 0 Å². The summed E-state index contributed by atoms with van der Waals surface area (Å²) in [6.45, 7) is 0.903. The van der Waals surface area contributed by atoms with Crippen LogP contribution in [0.15, 0.2) is 277 Å². The van der Waals surface area contributed by atoms with Crippen LogP contribution >= 0.6 is 15.9 Å². The van der Waals surface area contributed by atoms with Gasteiger partial charge in [-0.3, -0.25) is 43.4 Å². The van der Waals surface area contributed by atoms with E-state index in [4.69, 9.17) is 52.5 Å². The van der Waals surface area contributed by atoms with Crippen molar-refractivity contribution in [2.24, 2.45) is 30.0 Å². The second-order valence-electron chi connectivity index (χ2n) is 32.7. The number of carboxylic acid groups (broad SMARTS) is 1. The fraction of sp³-hybridized carbons (Fsp3) is 0.0667. The van der Waals surface area contributed by atoms with Crippen molar-refractivity contribution in [3.8, 4) is 160 Å². The van der Waals surface area contributed by atoms with Crippen LogP contribution in [0.5, 0.6) is 40.2 Å². The number of aliphatic hydroxyl groups is 1. The number of nitrogens with zero attached hydrogens (tertiary/aromatic N) is 14. The number of aromatic amines is 7. The molecule has 10 aromatic heterocycles. The number of benzene rings is 12. The lowest BCUT2D eigenvalue weighted by molar-refractivity contribution is 0.0695. The fourth-order valence-corrected chi connectivity index (χ4v) is 16.4. The molecule has 21 N–H and O–H groups in total. The third-order valence-corrected chi connectivity index (χ3v) is 23.9. The SMILES string of the molecule is COc1c(-c2ccc(CO)cc2)nn(C)c1-c1nc2ccc(C(N)=O)cc2[nH]1.COc1ccc(Cn2nc(-c3cccc(Br)c3)c(O)c2-c2nc3ccc(OC)cc3[nH]2)cc1.N#Cc1ccc(-c2n[nH]c(-c3nc4ccc(C(N)=O)cc4[nH]3)c2O)cc1.NC(=O)c1ccc(-c2n[nH]c(-c3nc4ccc(C(N)=O)cc4[nH]3)c2O)cc1.O=C(O)c1ccc2nc(-c3nn(Cc4ccccc4)c(-c4ccccc4)c3O)[nH]c2c1. The summed E-state index contributed by atoms with van der Waals surface area (Å²) in [7, 11) is 6.66. The largest absolute Gasteiger partial charge is 0.504 e. The number of hydrogen-bond donors (Lipinski definition) is 17. The van der Waals surface area contributed by atoms with Gasteiger partial charge < -0.3 is 92.7 Å². The first-order chi connectivity index (χ1) is 70.2. The van der Waals surface area contributed by atoms with Gasteiger partial charge in [-0.15, -0.1) is 0 Å². The third-order valence-electron chi connectivity index (χ3n) is 23.4. The first-order valence-corrected chi connectivity index (χ1v) is 45.0. The number of nitrogens with one attached hydrogen (secondary N) is 7. The van der Waals surface area contributed by atoms with Crippen LogP contribution in [0.4, 0.5) is 0 Å². The molecule has 40 heteroatoms. The Bertz CT molecular complexity index is 8710. The first-order valence-electron chi connectivity index (χ1n) is 44.2. The van der Waals surface area contributed by atoms with Crippen LogP contribution in [-0.4, -0.2) is 181 Å². The summed E-state index contributed by atoms with van der Waals surface area (Å²) >= 11 is 3.50. The number of aryl methyl sites for hydroxylation is 1. The first kappa shape index (κ1) is 95.2. The number of imidazole rings is 5. The monoisotopic (exact) mass is 2000 g/mol. The molecule has 0 unspecified atom stereocenters. The Kier molecular flexibility index (Phi) is 26.9. The van der Waals surface area contributed by atoms with E-state index in [-0.39, 0.29) is 35.2 Å². The Morgan fingerprint density at radius 3 is 1.27 bits per heavy atom. The molecule has 0 aliphatic carbocycles. The van der Waals surface area contributed by atoms with Crippen molar-refractivity contribution in [2.75, 3.05) is 21.3 Å². The fourth-order valence-electron chi connectivity index (χ4n) is 16.0. The number of carbonyl (C=O) groups excluding carboxylic acids is 4. The summed E-state index contributed by atoms with van der Waals surface area (Å²) < 4.78 is 22.4. The van der Waals surface area contributed by atoms with Crippen molar-refractivity contribution in [3.05, 3.63) is 328 Å². The molecule has 0 spiro atoms. The maximum absolute atomic E-state index is 11.4. The average molecular weight is 2000 g/mol. The zero-order valence-electron chi connectivity index (χ0n) is 77.0. The number of carboxylic acids is 1. The predicted molar refractivity (Wildman–Crippen MR) is 544 cm³/mol. The topological polar surface area (TPSA) is 617 Å². The number of methoxy groups -OCH3 is 3. The molecule has 0 radical (unpaired) electrons. The minimum atomic E-state index is -1.01. The second-order valence-corrected chi connectivity index (χ2v) is 33.6. The molecule has 10 heterocycles. The van der Waals surface area contributed by atoms with Crippen LogP contribution in [0.3, 0.4) is 0 Å². The number of aliphatic hydroxyl groups excluding tert-OH is 1. The highest BCUT2D eigenvalue weighted by Crippen LogP contribution is 2.44. The van der Waals surface area contributed by atoms with Crippen molar-refractivity contribution >= 4 is 101 Å². The van der Waals surface area contributed by atoms with E-state index in [1.54, 1.807) is 145 Å². The summed E-state index contributed by atoms with van der Waals surface area (Å²) in [5.74, 6) is 1.08. The Morgan fingerprint density at radius 2 is 0.772 bits per heavy atom. The Balaban J connectivity index is 0.000000119. The number of nitriles is 1. The van der Waals surface area contributed by atoms with Gasteiger partial charge in [0.15, 0.2) is 63.6 Å². The van der Waals surface area contributed by atoms with E-state index in [0.717, 1.165) is 60.4 Å². The molecule has 22 aromatic rings. The summed E-state index contributed by atoms with van der Waals surface area (Å²) in [6.07, 6.45) is 0. The minimum Gasteiger partial charge on any atom is -0.504 e. The van der Waals surface area contributed by atoms with Crippen molar-refractivity contribution in [1.82, 2.24) is 99.6 Å². The standard InChI is InChI=1S/C25H21BrN4O3.C24H18N4O3.C20H19N5O3.C18H14N6O3.C18H12N6O2/c1-32-18-8-6-15(7-9-18)14-30-23(24(31)22(29-30)16-4-3-5-17(26)12-16)25-27-20-11-10-19(33-2)13-21(20)28-25;29-22-20(23-25-18-12-11-17(24(30)31)13-19(18)26-23)27-28(14-15-7-3-1-4-8-15)21(22)16-9-5-2-6-10-16;1-25-17(20-22-14-8-7-13(19(21)27)9-15(14)23-20)18(28-2)16(24-25)12-5-3-11(10-26)4-6-12;19-16(26)9-3-1-8(2-4-9)13-15(25)14(24-23-13)18-21-11-6-5-10(17(20)27)7-12(11)22-18;19-8-9-1-3-10(4-2-9)14-16(25)15(24-23-14)18-21-12-6-5-11(17(20)26)7-13(12)22-18/h3-13,31H,14H2,1-2H3,(H,27,28);1-13,29H,14H2,(H,25,26)(H,30,31);3-9,26H,10H2,1-2H3,(H2,21,27)(H,22,23);1-7,25H,(H2,19,26)(H2,20,27)(H,21,22)(H,23,24);1-7,25H,(H2,20,26)(H,21,22)(H,23,24). The number of aromatic nitrogens is 20. The van der Waals surface area contributed by atoms with Crippen LogP contribution in [0.2, 0.25) is 0 Å². The summed E-state index contributed by atoms with van der Waals surface area (Å²) in [5, 5.41) is 98.7. The Morgan fingerprint density at radius 1 is 0.372 bits per heavy atom. The molecule has 0 aliphatic rings. The van der Waals surface area contributed by atoms with Gasteiger partial charge in [-0.2, -0.15) is 30.8 Å². The zero-order valence-corrected chi connectivity index (χ0v) is 78.6. The minimum absolute atomic E-state index is 0.0136. The number of hydrogen-bond acceptors (Lipinski definition) is 24. The number of amides is 4.